The lowest BCUT2D eigenvalue weighted by molar-refractivity contribution is -0.126. The Morgan fingerprint density at radius 1 is 1.32 bits per heavy atom. The highest BCUT2D eigenvalue weighted by Gasteiger charge is 2.29. The molecule has 2 unspecified atom stereocenters. The maximum atomic E-state index is 13.9. The molecular weight excluding hydrogens is 279 g/mol. The summed E-state index contributed by atoms with van der Waals surface area (Å²) in [6.45, 7) is 1.70. The van der Waals surface area contributed by atoms with E-state index in [4.69, 9.17) is 0 Å². The van der Waals surface area contributed by atoms with Crippen LogP contribution in [-0.2, 0) is 4.79 Å². The van der Waals surface area contributed by atoms with Crippen molar-refractivity contribution in [2.75, 3.05) is 27.2 Å². The molecule has 2 atom stereocenters. The molecule has 122 valence electrons. The molecule has 1 aromatic rings. The van der Waals surface area contributed by atoms with Gasteiger partial charge in [0.05, 0.1) is 0 Å². The fourth-order valence-corrected chi connectivity index (χ4v) is 3.27. The van der Waals surface area contributed by atoms with Crippen molar-refractivity contribution in [1.82, 2.24) is 10.2 Å². The number of carbonyl (C=O) groups excluding carboxylic acids is 1. The summed E-state index contributed by atoms with van der Waals surface area (Å²) in [7, 11) is 4.06. The van der Waals surface area contributed by atoms with E-state index in [1.807, 2.05) is 26.2 Å². The zero-order chi connectivity index (χ0) is 15.9. The minimum Gasteiger partial charge on any atom is -0.356 e. The van der Waals surface area contributed by atoms with Crippen LogP contribution in [0.5, 0.6) is 0 Å². The summed E-state index contributed by atoms with van der Waals surface area (Å²) in [5.41, 5.74) is 0.771. The van der Waals surface area contributed by atoms with Gasteiger partial charge in [0.15, 0.2) is 0 Å². The van der Waals surface area contributed by atoms with E-state index < -0.39 is 0 Å². The smallest absolute Gasteiger partial charge is 0.223 e. The Morgan fingerprint density at radius 2 is 2.09 bits per heavy atom. The van der Waals surface area contributed by atoms with Crippen molar-refractivity contribution in [3.8, 4) is 0 Å². The lowest BCUT2D eigenvalue weighted by Crippen LogP contribution is -2.35. The van der Waals surface area contributed by atoms with Crippen LogP contribution < -0.4 is 5.32 Å². The van der Waals surface area contributed by atoms with Gasteiger partial charge in [-0.1, -0.05) is 24.6 Å². The molecule has 1 saturated carbocycles. The van der Waals surface area contributed by atoms with Gasteiger partial charge in [-0.15, -0.1) is 0 Å². The molecule has 1 fully saturated rings. The summed E-state index contributed by atoms with van der Waals surface area (Å²) < 4.78 is 13.9. The van der Waals surface area contributed by atoms with Gasteiger partial charge in [0.25, 0.3) is 0 Å². The monoisotopic (exact) mass is 306 g/mol. The standard InChI is InChI=1S/C18H27FN2O/c1-21(2)12-6-11-20-18(22)15-8-5-7-14(13-15)16-9-3-4-10-17(16)19/h3-4,9-10,14-15H,5-8,11-13H2,1-2H3,(H,20,22). The molecule has 1 aliphatic rings. The van der Waals surface area contributed by atoms with Gasteiger partial charge in [0, 0.05) is 12.5 Å². The summed E-state index contributed by atoms with van der Waals surface area (Å²) in [5, 5.41) is 3.04. The van der Waals surface area contributed by atoms with Crippen molar-refractivity contribution in [3.63, 3.8) is 0 Å². The number of benzene rings is 1. The van der Waals surface area contributed by atoms with Crippen molar-refractivity contribution in [2.24, 2.45) is 5.92 Å². The quantitative estimate of drug-likeness (QED) is 0.819. The Morgan fingerprint density at radius 3 is 2.82 bits per heavy atom. The zero-order valence-corrected chi connectivity index (χ0v) is 13.6. The SMILES string of the molecule is CN(C)CCCNC(=O)C1CCCC(c2ccccc2F)C1. The number of nitrogens with one attached hydrogen (secondary N) is 1. The fraction of sp³-hybridized carbons (Fsp3) is 0.611. The highest BCUT2D eigenvalue weighted by Crippen LogP contribution is 2.37. The largest absolute Gasteiger partial charge is 0.356 e. The van der Waals surface area contributed by atoms with E-state index in [-0.39, 0.29) is 23.6 Å². The number of nitrogens with zero attached hydrogens (tertiary/aromatic N) is 1. The number of carbonyl (C=O) groups is 1. The first kappa shape index (κ1) is 16.9. The summed E-state index contributed by atoms with van der Waals surface area (Å²) in [4.78, 5) is 14.4. The lowest BCUT2D eigenvalue weighted by atomic mass is 9.77. The minimum absolute atomic E-state index is 0.0257. The third kappa shape index (κ3) is 4.80. The van der Waals surface area contributed by atoms with Crippen LogP contribution >= 0.6 is 0 Å². The highest BCUT2D eigenvalue weighted by atomic mass is 19.1. The van der Waals surface area contributed by atoms with E-state index in [1.54, 1.807) is 6.07 Å². The Balaban J connectivity index is 1.85. The predicted molar refractivity (Wildman–Crippen MR) is 87.3 cm³/mol. The number of halogens is 1. The van der Waals surface area contributed by atoms with E-state index in [0.29, 0.717) is 0 Å². The van der Waals surface area contributed by atoms with Crippen molar-refractivity contribution >= 4 is 5.91 Å². The van der Waals surface area contributed by atoms with Crippen LogP contribution in [0.4, 0.5) is 4.39 Å². The Labute approximate surface area is 132 Å². The molecule has 0 bridgehead atoms. The third-order valence-corrected chi connectivity index (χ3v) is 4.47. The molecule has 0 aliphatic heterocycles. The number of rotatable bonds is 6. The van der Waals surface area contributed by atoms with Crippen LogP contribution in [0.3, 0.4) is 0 Å². The molecule has 1 aromatic carbocycles. The van der Waals surface area contributed by atoms with Gasteiger partial charge in [-0.3, -0.25) is 4.79 Å². The van der Waals surface area contributed by atoms with Crippen LogP contribution in [0.1, 0.15) is 43.6 Å². The van der Waals surface area contributed by atoms with E-state index in [2.05, 4.69) is 10.2 Å². The van der Waals surface area contributed by atoms with Gasteiger partial charge in [-0.05, 0) is 63.9 Å². The second kappa shape index (κ2) is 8.28. The van der Waals surface area contributed by atoms with E-state index in [1.165, 1.54) is 6.07 Å². The predicted octanol–water partition coefficient (Wildman–Crippen LogP) is 3.17. The normalized spacial score (nSPS) is 21.8. The molecule has 0 aromatic heterocycles. The molecule has 1 N–H and O–H groups in total. The number of amides is 1. The van der Waals surface area contributed by atoms with Crippen molar-refractivity contribution < 1.29 is 9.18 Å². The first-order chi connectivity index (χ1) is 10.6. The molecule has 0 heterocycles. The van der Waals surface area contributed by atoms with Gasteiger partial charge in [0.1, 0.15) is 5.82 Å². The molecule has 1 aliphatic carbocycles. The summed E-state index contributed by atoms with van der Waals surface area (Å²) in [6.07, 6.45) is 4.62. The van der Waals surface area contributed by atoms with E-state index >= 15 is 0 Å². The molecule has 0 spiro atoms. The van der Waals surface area contributed by atoms with Gasteiger partial charge in [-0.2, -0.15) is 0 Å². The average molecular weight is 306 g/mol. The average Bonchev–Trinajstić information content (AvgIpc) is 2.52. The Bertz CT molecular complexity index is 490. The topological polar surface area (TPSA) is 32.3 Å². The second-order valence-electron chi connectivity index (χ2n) is 6.53. The molecule has 22 heavy (non-hydrogen) atoms. The number of hydrogen-bond acceptors (Lipinski definition) is 2. The minimum atomic E-state index is -0.139. The van der Waals surface area contributed by atoms with E-state index in [9.17, 15) is 9.18 Å². The summed E-state index contributed by atoms with van der Waals surface area (Å²) >= 11 is 0. The van der Waals surface area contributed by atoms with Gasteiger partial charge in [0.2, 0.25) is 5.91 Å². The molecule has 4 heteroatoms. The van der Waals surface area contributed by atoms with Gasteiger partial charge >= 0.3 is 0 Å². The van der Waals surface area contributed by atoms with Crippen molar-refractivity contribution in [1.29, 1.82) is 0 Å². The lowest BCUT2D eigenvalue weighted by Gasteiger charge is -2.29. The van der Waals surface area contributed by atoms with Crippen LogP contribution in [-0.4, -0.2) is 38.0 Å². The highest BCUT2D eigenvalue weighted by molar-refractivity contribution is 5.78. The molecule has 2 rings (SSSR count). The molecule has 0 radical (unpaired) electrons. The van der Waals surface area contributed by atoms with Crippen LogP contribution in [0, 0.1) is 11.7 Å². The molecule has 0 saturated heterocycles. The van der Waals surface area contributed by atoms with Crippen LogP contribution in [0.15, 0.2) is 24.3 Å². The van der Waals surface area contributed by atoms with Crippen molar-refractivity contribution in [2.45, 2.75) is 38.0 Å². The maximum Gasteiger partial charge on any atom is 0.223 e. The first-order valence-corrected chi connectivity index (χ1v) is 8.25. The maximum absolute atomic E-state index is 13.9. The molecule has 3 nitrogen and oxygen atoms in total. The second-order valence-corrected chi connectivity index (χ2v) is 6.53. The molecule has 1 amide bonds. The van der Waals surface area contributed by atoms with Crippen molar-refractivity contribution in [3.05, 3.63) is 35.6 Å². The Hall–Kier alpha value is -1.42. The van der Waals surface area contributed by atoms with Crippen LogP contribution in [0.25, 0.3) is 0 Å². The van der Waals surface area contributed by atoms with Crippen LogP contribution in [0.2, 0.25) is 0 Å². The Kier molecular flexibility index (Phi) is 6.37. The van der Waals surface area contributed by atoms with Gasteiger partial charge in [-0.25, -0.2) is 4.39 Å². The zero-order valence-electron chi connectivity index (χ0n) is 13.6. The first-order valence-electron chi connectivity index (χ1n) is 8.25. The number of hydrogen-bond donors (Lipinski definition) is 1. The summed E-state index contributed by atoms with van der Waals surface area (Å²) in [5.74, 6) is 0.199. The van der Waals surface area contributed by atoms with E-state index in [0.717, 1.165) is 50.8 Å². The molecular formula is C18H27FN2O. The third-order valence-electron chi connectivity index (χ3n) is 4.47. The van der Waals surface area contributed by atoms with Gasteiger partial charge < -0.3 is 10.2 Å². The fourth-order valence-electron chi connectivity index (χ4n) is 3.27. The summed E-state index contributed by atoms with van der Waals surface area (Å²) in [6, 6.07) is 6.97.